The molecule has 0 spiro atoms. The smallest absolute Gasteiger partial charge is 0.326 e. The Labute approximate surface area is 116 Å². The predicted molar refractivity (Wildman–Crippen MR) is 69.8 cm³/mol. The number of nitrogens with zero attached hydrogens (tertiary/aromatic N) is 2. The Kier molecular flexibility index (Phi) is 3.10. The maximum atomic E-state index is 12.5. The lowest BCUT2D eigenvalue weighted by atomic mass is 10.1. The normalized spacial score (nSPS) is 24.9. The van der Waals surface area contributed by atoms with Crippen LogP contribution >= 0.6 is 0 Å². The summed E-state index contributed by atoms with van der Waals surface area (Å²) in [5.41, 5.74) is 2.18. The minimum atomic E-state index is -1.06. The third kappa shape index (κ3) is 2.12. The van der Waals surface area contributed by atoms with E-state index in [0.29, 0.717) is 13.1 Å². The first-order chi connectivity index (χ1) is 9.56. The highest BCUT2D eigenvalue weighted by atomic mass is 16.4. The molecular formula is C14H16N2O4. The third-order valence-electron chi connectivity index (χ3n) is 3.92. The van der Waals surface area contributed by atoms with E-state index in [4.69, 9.17) is 5.11 Å². The highest BCUT2D eigenvalue weighted by Crippen LogP contribution is 2.26. The van der Waals surface area contributed by atoms with Gasteiger partial charge in [0.25, 0.3) is 0 Å². The number of benzene rings is 1. The molecule has 0 radical (unpaired) electrons. The number of hydrogen-bond acceptors (Lipinski definition) is 3. The van der Waals surface area contributed by atoms with Gasteiger partial charge in [-0.3, -0.25) is 0 Å². The number of aliphatic hydroxyl groups is 1. The summed E-state index contributed by atoms with van der Waals surface area (Å²) in [5, 5.41) is 18.8. The van der Waals surface area contributed by atoms with E-state index < -0.39 is 18.1 Å². The van der Waals surface area contributed by atoms with Gasteiger partial charge in [0.2, 0.25) is 0 Å². The van der Waals surface area contributed by atoms with E-state index in [9.17, 15) is 14.7 Å². The average molecular weight is 276 g/mol. The van der Waals surface area contributed by atoms with Crippen molar-refractivity contribution in [1.82, 2.24) is 9.80 Å². The number of carboxylic acids is 1. The van der Waals surface area contributed by atoms with Crippen LogP contribution in [0.2, 0.25) is 0 Å². The molecule has 1 saturated heterocycles. The van der Waals surface area contributed by atoms with E-state index in [1.165, 1.54) is 4.90 Å². The maximum Gasteiger partial charge on any atom is 0.326 e. The van der Waals surface area contributed by atoms with Crippen molar-refractivity contribution in [2.45, 2.75) is 31.7 Å². The molecule has 0 saturated carbocycles. The van der Waals surface area contributed by atoms with Crippen molar-refractivity contribution < 1.29 is 19.8 Å². The molecule has 106 valence electrons. The predicted octanol–water partition coefficient (Wildman–Crippen LogP) is 0.642. The SMILES string of the molecule is O=C(O)[C@H]1C[C@@H](O)CN1C(=O)N1Cc2ccccc2C1. The standard InChI is InChI=1S/C14H16N2O4/c17-11-5-12(13(18)19)16(8-11)14(20)15-6-9-3-1-2-4-10(9)7-15/h1-4,11-12,17H,5-8H2,(H,18,19)/t11-,12-/m1/s1. The summed E-state index contributed by atoms with van der Waals surface area (Å²) in [6.07, 6.45) is -0.660. The first-order valence-electron chi connectivity index (χ1n) is 6.59. The first kappa shape index (κ1) is 12.9. The van der Waals surface area contributed by atoms with Crippen LogP contribution in [0.25, 0.3) is 0 Å². The molecule has 20 heavy (non-hydrogen) atoms. The van der Waals surface area contributed by atoms with Crippen LogP contribution in [0.4, 0.5) is 4.79 Å². The van der Waals surface area contributed by atoms with Crippen LogP contribution in [0.5, 0.6) is 0 Å². The van der Waals surface area contributed by atoms with Crippen molar-refractivity contribution in [2.24, 2.45) is 0 Å². The van der Waals surface area contributed by atoms with Gasteiger partial charge in [0.1, 0.15) is 6.04 Å². The Balaban J connectivity index is 1.76. The van der Waals surface area contributed by atoms with Gasteiger partial charge >= 0.3 is 12.0 Å². The number of fused-ring (bicyclic) bond motifs is 1. The van der Waals surface area contributed by atoms with Gasteiger partial charge in [0, 0.05) is 26.1 Å². The minimum absolute atomic E-state index is 0.0860. The summed E-state index contributed by atoms with van der Waals surface area (Å²) in [4.78, 5) is 26.5. The molecule has 6 heteroatoms. The molecular weight excluding hydrogens is 260 g/mol. The summed E-state index contributed by atoms with van der Waals surface area (Å²) < 4.78 is 0. The van der Waals surface area contributed by atoms with E-state index in [0.717, 1.165) is 11.1 Å². The molecule has 1 aromatic carbocycles. The van der Waals surface area contributed by atoms with Crippen LogP contribution in [0.1, 0.15) is 17.5 Å². The number of amides is 2. The van der Waals surface area contributed by atoms with Gasteiger partial charge < -0.3 is 20.0 Å². The van der Waals surface area contributed by atoms with Gasteiger partial charge in [0.15, 0.2) is 0 Å². The first-order valence-corrected chi connectivity index (χ1v) is 6.59. The highest BCUT2D eigenvalue weighted by Gasteiger charge is 2.41. The number of carbonyl (C=O) groups is 2. The molecule has 6 nitrogen and oxygen atoms in total. The van der Waals surface area contributed by atoms with E-state index in [1.54, 1.807) is 4.90 Å². The fourth-order valence-electron chi connectivity index (χ4n) is 2.91. The van der Waals surface area contributed by atoms with Crippen LogP contribution < -0.4 is 0 Å². The lowest BCUT2D eigenvalue weighted by molar-refractivity contribution is -0.141. The van der Waals surface area contributed by atoms with E-state index >= 15 is 0 Å². The fourth-order valence-corrected chi connectivity index (χ4v) is 2.91. The zero-order valence-corrected chi connectivity index (χ0v) is 10.9. The van der Waals surface area contributed by atoms with Crippen molar-refractivity contribution in [1.29, 1.82) is 0 Å². The van der Waals surface area contributed by atoms with Gasteiger partial charge in [-0.2, -0.15) is 0 Å². The Morgan fingerprint density at radius 3 is 2.30 bits per heavy atom. The zero-order chi connectivity index (χ0) is 14.3. The third-order valence-corrected chi connectivity index (χ3v) is 3.92. The molecule has 0 aromatic heterocycles. The lowest BCUT2D eigenvalue weighted by Crippen LogP contribution is -2.46. The van der Waals surface area contributed by atoms with E-state index in [1.807, 2.05) is 24.3 Å². The minimum Gasteiger partial charge on any atom is -0.480 e. The second-order valence-corrected chi connectivity index (χ2v) is 5.30. The maximum absolute atomic E-state index is 12.5. The molecule has 2 amide bonds. The Hall–Kier alpha value is -2.08. The molecule has 2 aliphatic rings. The fraction of sp³-hybridized carbons (Fsp3) is 0.429. The van der Waals surface area contributed by atoms with Crippen LogP contribution in [0.3, 0.4) is 0 Å². The average Bonchev–Trinajstić information content (AvgIpc) is 3.01. The summed E-state index contributed by atoms with van der Waals surface area (Å²) >= 11 is 0. The number of aliphatic hydroxyl groups excluding tert-OH is 1. The molecule has 0 aliphatic carbocycles. The summed E-state index contributed by atoms with van der Waals surface area (Å²) in [6.45, 7) is 1.07. The monoisotopic (exact) mass is 276 g/mol. The van der Waals surface area contributed by atoms with Crippen molar-refractivity contribution in [3.8, 4) is 0 Å². The Morgan fingerprint density at radius 2 is 1.75 bits per heavy atom. The van der Waals surface area contributed by atoms with Gasteiger partial charge in [-0.1, -0.05) is 24.3 Å². The van der Waals surface area contributed by atoms with Crippen molar-refractivity contribution in [3.63, 3.8) is 0 Å². The summed E-state index contributed by atoms with van der Waals surface area (Å²) in [6, 6.07) is 6.54. The topological polar surface area (TPSA) is 81.1 Å². The second-order valence-electron chi connectivity index (χ2n) is 5.30. The summed E-state index contributed by atoms with van der Waals surface area (Å²) in [5.74, 6) is -1.06. The van der Waals surface area contributed by atoms with Crippen LogP contribution in [0.15, 0.2) is 24.3 Å². The van der Waals surface area contributed by atoms with Gasteiger partial charge in [-0.05, 0) is 11.1 Å². The van der Waals surface area contributed by atoms with Gasteiger partial charge in [-0.25, -0.2) is 9.59 Å². The number of β-amino-alcohol motifs (C(OH)–C–C–N with tert-alkyl or cyclic N) is 1. The number of carboxylic acid groups (broad SMARTS) is 1. The summed E-state index contributed by atoms with van der Waals surface area (Å²) in [7, 11) is 0. The van der Waals surface area contributed by atoms with E-state index in [2.05, 4.69) is 0 Å². The molecule has 0 bridgehead atoms. The van der Waals surface area contributed by atoms with Gasteiger partial charge in [-0.15, -0.1) is 0 Å². The number of rotatable bonds is 1. The number of likely N-dealkylation sites (tertiary alicyclic amines) is 1. The Morgan fingerprint density at radius 1 is 1.15 bits per heavy atom. The zero-order valence-electron chi connectivity index (χ0n) is 10.9. The molecule has 2 N–H and O–H groups in total. The van der Waals surface area contributed by atoms with Crippen LogP contribution in [-0.2, 0) is 17.9 Å². The van der Waals surface area contributed by atoms with E-state index in [-0.39, 0.29) is 19.0 Å². The van der Waals surface area contributed by atoms with Crippen molar-refractivity contribution in [2.75, 3.05) is 6.54 Å². The quantitative estimate of drug-likeness (QED) is 0.789. The molecule has 2 atom stereocenters. The highest BCUT2D eigenvalue weighted by molar-refractivity contribution is 5.83. The van der Waals surface area contributed by atoms with Crippen LogP contribution in [-0.4, -0.2) is 50.7 Å². The number of urea groups is 1. The Bertz CT molecular complexity index is 535. The number of hydrogen-bond donors (Lipinski definition) is 2. The van der Waals surface area contributed by atoms with Crippen LogP contribution in [0, 0.1) is 0 Å². The molecule has 3 rings (SSSR count). The number of aliphatic carboxylic acids is 1. The molecule has 0 unspecified atom stereocenters. The van der Waals surface area contributed by atoms with Gasteiger partial charge in [0.05, 0.1) is 6.10 Å². The van der Waals surface area contributed by atoms with Crippen molar-refractivity contribution >= 4 is 12.0 Å². The number of carbonyl (C=O) groups excluding carboxylic acids is 1. The molecule has 1 fully saturated rings. The molecule has 2 aliphatic heterocycles. The largest absolute Gasteiger partial charge is 0.480 e. The molecule has 2 heterocycles. The van der Waals surface area contributed by atoms with Crippen molar-refractivity contribution in [3.05, 3.63) is 35.4 Å². The second kappa shape index (κ2) is 4.79. The lowest BCUT2D eigenvalue weighted by Gasteiger charge is -2.27. The molecule has 1 aromatic rings.